The summed E-state index contributed by atoms with van der Waals surface area (Å²) in [5, 5.41) is 13.6. The maximum absolute atomic E-state index is 15.0. The van der Waals surface area contributed by atoms with Crippen molar-refractivity contribution in [1.29, 1.82) is 5.26 Å². The van der Waals surface area contributed by atoms with Crippen LogP contribution in [0.2, 0.25) is 5.02 Å². The zero-order valence-electron chi connectivity index (χ0n) is 24.8. The second-order valence-corrected chi connectivity index (χ2v) is 13.1. The van der Waals surface area contributed by atoms with Crippen molar-refractivity contribution < 1.29 is 14.4 Å². The molecule has 3 aromatic carbocycles. The van der Waals surface area contributed by atoms with Crippen molar-refractivity contribution in [1.82, 2.24) is 25.0 Å². The third-order valence-corrected chi connectivity index (χ3v) is 10.1. The molecule has 3 heterocycles. The van der Waals surface area contributed by atoms with E-state index >= 15 is 0 Å². The van der Waals surface area contributed by atoms with Gasteiger partial charge in [-0.3, -0.25) is 9.59 Å². The number of carbonyl (C=O) groups is 3. The summed E-state index contributed by atoms with van der Waals surface area (Å²) in [6, 6.07) is 23.9. The van der Waals surface area contributed by atoms with Crippen LogP contribution in [-0.4, -0.2) is 75.0 Å². The number of thioether (sulfide) groups is 1. The Morgan fingerprint density at radius 2 is 1.76 bits per heavy atom. The number of piperazine rings is 1. The number of nitriles is 1. The van der Waals surface area contributed by atoms with Crippen LogP contribution in [0.25, 0.3) is 10.9 Å². The average Bonchev–Trinajstić information content (AvgIpc) is 3.58. The number of H-pyrrole nitrogens is 1. The van der Waals surface area contributed by atoms with E-state index in [1.54, 1.807) is 21.9 Å². The van der Waals surface area contributed by atoms with E-state index in [1.165, 1.54) is 11.8 Å². The van der Waals surface area contributed by atoms with E-state index in [-0.39, 0.29) is 30.8 Å². The van der Waals surface area contributed by atoms with Gasteiger partial charge in [-0.2, -0.15) is 5.26 Å². The van der Waals surface area contributed by atoms with Gasteiger partial charge in [0.25, 0.3) is 0 Å². The van der Waals surface area contributed by atoms with Crippen LogP contribution in [0.15, 0.2) is 83.9 Å². The smallest absolute Gasteiger partial charge is 0.317 e. The van der Waals surface area contributed by atoms with Gasteiger partial charge in [-0.15, -0.1) is 11.8 Å². The molecule has 2 aliphatic rings. The van der Waals surface area contributed by atoms with Crippen LogP contribution in [-0.2, 0) is 16.1 Å². The molecule has 0 radical (unpaired) electrons. The maximum Gasteiger partial charge on any atom is 0.317 e. The van der Waals surface area contributed by atoms with Gasteiger partial charge in [0.15, 0.2) is 0 Å². The molecule has 2 fully saturated rings. The molecule has 230 valence electrons. The molecule has 0 aliphatic carbocycles. The highest BCUT2D eigenvalue weighted by Crippen LogP contribution is 2.55. The Bertz CT molecular complexity index is 1760. The van der Waals surface area contributed by atoms with Gasteiger partial charge in [0.05, 0.1) is 24.1 Å². The standard InChI is InChI=1S/C34H33ClN6O3S/c1-2-37-33(44)40-16-14-39(15-17-40)32(43)34(45-26-6-4-3-5-7-26)19-30(42)41(22-24-10-8-23(20-36)9-11-24)31(34)28-21-38-29-18-25(35)12-13-27(28)29/h3-13,18,21,31,38H,2,14-17,19,22H2,1H3,(H,37,44)/t31-,34-/m0/s1. The number of fused-ring (bicyclic) bond motifs is 1. The molecule has 0 bridgehead atoms. The maximum atomic E-state index is 15.0. The van der Waals surface area contributed by atoms with Gasteiger partial charge in [-0.05, 0) is 48.9 Å². The van der Waals surface area contributed by atoms with Crippen molar-refractivity contribution in [2.45, 2.75) is 35.6 Å². The molecule has 1 aromatic heterocycles. The normalized spacial score (nSPS) is 20.0. The van der Waals surface area contributed by atoms with E-state index in [9.17, 15) is 19.6 Å². The molecule has 2 N–H and O–H groups in total. The molecule has 2 aliphatic heterocycles. The van der Waals surface area contributed by atoms with Crippen LogP contribution in [0, 0.1) is 11.3 Å². The van der Waals surface area contributed by atoms with Crippen LogP contribution in [0.1, 0.15) is 36.1 Å². The van der Waals surface area contributed by atoms with Gasteiger partial charge in [-0.25, -0.2) is 4.79 Å². The lowest BCUT2D eigenvalue weighted by molar-refractivity contribution is -0.136. The summed E-state index contributed by atoms with van der Waals surface area (Å²) in [7, 11) is 0. The molecule has 2 atom stereocenters. The summed E-state index contributed by atoms with van der Waals surface area (Å²) in [5.41, 5.74) is 3.04. The summed E-state index contributed by atoms with van der Waals surface area (Å²) in [6.07, 6.45) is 1.89. The van der Waals surface area contributed by atoms with E-state index in [2.05, 4.69) is 16.4 Å². The van der Waals surface area contributed by atoms with Crippen molar-refractivity contribution in [2.75, 3.05) is 32.7 Å². The number of benzene rings is 3. The fourth-order valence-corrected chi connectivity index (χ4v) is 7.98. The van der Waals surface area contributed by atoms with Crippen molar-refractivity contribution in [3.8, 4) is 6.07 Å². The predicted molar refractivity (Wildman–Crippen MR) is 175 cm³/mol. The summed E-state index contributed by atoms with van der Waals surface area (Å²) in [4.78, 5) is 51.3. The summed E-state index contributed by atoms with van der Waals surface area (Å²) in [5.74, 6) is -0.263. The number of likely N-dealkylation sites (tertiary alicyclic amines) is 1. The number of carbonyl (C=O) groups excluding carboxylic acids is 3. The van der Waals surface area contributed by atoms with Crippen LogP contribution < -0.4 is 5.32 Å². The van der Waals surface area contributed by atoms with Crippen molar-refractivity contribution in [3.63, 3.8) is 0 Å². The zero-order valence-corrected chi connectivity index (χ0v) is 26.4. The quantitative estimate of drug-likeness (QED) is 0.274. The van der Waals surface area contributed by atoms with E-state index in [0.717, 1.165) is 26.9 Å². The van der Waals surface area contributed by atoms with Gasteiger partial charge in [0, 0.05) is 71.8 Å². The van der Waals surface area contributed by atoms with E-state index < -0.39 is 10.8 Å². The fraction of sp³-hybridized carbons (Fsp3) is 0.294. The van der Waals surface area contributed by atoms with Crippen molar-refractivity contribution in [3.05, 3.63) is 101 Å². The van der Waals surface area contributed by atoms with Crippen LogP contribution >= 0.6 is 23.4 Å². The molecular weight excluding hydrogens is 608 g/mol. The first kappa shape index (κ1) is 30.6. The van der Waals surface area contributed by atoms with Gasteiger partial charge in [-0.1, -0.05) is 48.0 Å². The van der Waals surface area contributed by atoms with E-state index in [1.807, 2.05) is 78.7 Å². The predicted octanol–water partition coefficient (Wildman–Crippen LogP) is 5.57. The first-order chi connectivity index (χ1) is 21.8. The number of urea groups is 1. The Labute approximate surface area is 271 Å². The lowest BCUT2D eigenvalue weighted by Gasteiger charge is -2.42. The lowest BCUT2D eigenvalue weighted by Crippen LogP contribution is -2.58. The van der Waals surface area contributed by atoms with Crippen LogP contribution in [0.4, 0.5) is 4.79 Å². The number of nitrogens with zero attached hydrogens (tertiary/aromatic N) is 4. The molecule has 4 amide bonds. The lowest BCUT2D eigenvalue weighted by atomic mass is 9.90. The first-order valence-corrected chi connectivity index (χ1v) is 16.1. The third kappa shape index (κ3) is 5.98. The number of rotatable bonds is 7. The molecule has 4 aromatic rings. The molecule has 11 heteroatoms. The SMILES string of the molecule is CCNC(=O)N1CCN(C(=O)[C@]2(Sc3ccccc3)CC(=O)N(Cc3ccc(C#N)cc3)[C@H]2c2c[nH]c3cc(Cl)ccc23)CC1. The van der Waals surface area contributed by atoms with E-state index in [4.69, 9.17) is 11.6 Å². The Kier molecular flexibility index (Phi) is 8.74. The summed E-state index contributed by atoms with van der Waals surface area (Å²) >= 11 is 7.76. The molecule has 45 heavy (non-hydrogen) atoms. The molecule has 9 nitrogen and oxygen atoms in total. The second kappa shape index (κ2) is 12.9. The Morgan fingerprint density at radius 3 is 2.44 bits per heavy atom. The Hall–Kier alpha value is -4.46. The van der Waals surface area contributed by atoms with Crippen molar-refractivity contribution >= 4 is 52.1 Å². The molecule has 0 unspecified atom stereocenters. The number of aromatic amines is 1. The monoisotopic (exact) mass is 640 g/mol. The highest BCUT2D eigenvalue weighted by Gasteiger charge is 2.59. The Morgan fingerprint density at radius 1 is 1.04 bits per heavy atom. The molecule has 2 saturated heterocycles. The van der Waals surface area contributed by atoms with Crippen molar-refractivity contribution in [2.24, 2.45) is 0 Å². The van der Waals surface area contributed by atoms with Gasteiger partial charge < -0.3 is 25.0 Å². The van der Waals surface area contributed by atoms with Gasteiger partial charge >= 0.3 is 6.03 Å². The number of amides is 4. The summed E-state index contributed by atoms with van der Waals surface area (Å²) in [6.45, 7) is 4.22. The number of nitrogens with one attached hydrogen (secondary N) is 2. The number of hydrogen-bond acceptors (Lipinski definition) is 5. The topological polar surface area (TPSA) is 113 Å². The first-order valence-electron chi connectivity index (χ1n) is 14.9. The van der Waals surface area contributed by atoms with Crippen LogP contribution in [0.3, 0.4) is 0 Å². The fourth-order valence-electron chi connectivity index (χ4n) is 6.32. The molecule has 0 spiro atoms. The van der Waals surface area contributed by atoms with Gasteiger partial charge in [0.1, 0.15) is 4.75 Å². The largest absolute Gasteiger partial charge is 0.361 e. The highest BCUT2D eigenvalue weighted by molar-refractivity contribution is 8.01. The second-order valence-electron chi connectivity index (χ2n) is 11.3. The minimum Gasteiger partial charge on any atom is -0.361 e. The van der Waals surface area contributed by atoms with Gasteiger partial charge in [0.2, 0.25) is 11.8 Å². The van der Waals surface area contributed by atoms with Crippen LogP contribution in [0.5, 0.6) is 0 Å². The van der Waals surface area contributed by atoms with E-state index in [0.29, 0.717) is 43.3 Å². The highest BCUT2D eigenvalue weighted by atomic mass is 35.5. The Balaban J connectivity index is 1.45. The molecule has 6 rings (SSSR count). The number of hydrogen-bond donors (Lipinski definition) is 2. The number of halogens is 1. The summed E-state index contributed by atoms with van der Waals surface area (Å²) < 4.78 is -1.20. The minimum atomic E-state index is -1.20. The minimum absolute atomic E-state index is 0.00311. The molecular formula is C34H33ClN6O3S. The zero-order chi connectivity index (χ0) is 31.6. The molecule has 0 saturated carbocycles. The average molecular weight is 641 g/mol. The number of aromatic nitrogens is 1. The third-order valence-electron chi connectivity index (χ3n) is 8.48.